The van der Waals surface area contributed by atoms with Crippen molar-refractivity contribution in [1.29, 1.82) is 0 Å². The molecule has 2 aromatic carbocycles. The predicted octanol–water partition coefficient (Wildman–Crippen LogP) is 2.72. The molecule has 35 heavy (non-hydrogen) atoms. The Kier molecular flexibility index (Phi) is 5.28. The number of aromatic nitrogens is 5. The third-order valence-corrected chi connectivity index (χ3v) is 6.11. The van der Waals surface area contributed by atoms with Gasteiger partial charge in [0.2, 0.25) is 5.78 Å². The third-order valence-electron chi connectivity index (χ3n) is 6.11. The van der Waals surface area contributed by atoms with E-state index in [4.69, 9.17) is 4.74 Å². The molecule has 3 heterocycles. The van der Waals surface area contributed by atoms with E-state index in [0.29, 0.717) is 11.5 Å². The van der Waals surface area contributed by atoms with Crippen molar-refractivity contribution < 1.29 is 14.3 Å². The molecule has 5 rings (SSSR count). The summed E-state index contributed by atoms with van der Waals surface area (Å²) in [5.41, 5.74) is 1.68. The van der Waals surface area contributed by atoms with Gasteiger partial charge in [-0.3, -0.25) is 23.1 Å². The predicted molar refractivity (Wildman–Crippen MR) is 130 cm³/mol. The summed E-state index contributed by atoms with van der Waals surface area (Å²) in [5.74, 6) is 1.21. The average Bonchev–Trinajstić information content (AvgIpc) is 3.36. The monoisotopic (exact) mass is 473 g/mol. The van der Waals surface area contributed by atoms with Gasteiger partial charge in [0.05, 0.1) is 7.11 Å². The number of imidazole rings is 2. The number of rotatable bonds is 5. The minimum absolute atomic E-state index is 0.217. The fourth-order valence-corrected chi connectivity index (χ4v) is 4.18. The molecule has 0 radical (unpaired) electrons. The number of nitrogens with zero attached hydrogens (tertiary/aromatic N) is 5. The number of ether oxygens (including phenoxy) is 2. The van der Waals surface area contributed by atoms with Crippen LogP contribution in [0.2, 0.25) is 0 Å². The lowest BCUT2D eigenvalue weighted by molar-refractivity contribution is -0.141. The Bertz CT molecular complexity index is 1710. The van der Waals surface area contributed by atoms with Crippen LogP contribution in [-0.4, -0.2) is 36.2 Å². The molecule has 10 nitrogen and oxygen atoms in total. The van der Waals surface area contributed by atoms with Crippen LogP contribution in [0.3, 0.4) is 0 Å². The Morgan fingerprint density at radius 3 is 2.26 bits per heavy atom. The Hall–Kier alpha value is -4.60. The van der Waals surface area contributed by atoms with Crippen molar-refractivity contribution in [2.45, 2.75) is 20.4 Å². The number of aryl methyl sites for hydroxylation is 2. The molecular formula is C25H23N5O5. The molecule has 0 amide bonds. The number of benzene rings is 2. The van der Waals surface area contributed by atoms with Crippen LogP contribution in [-0.2, 0) is 23.1 Å². The molecule has 0 bridgehead atoms. The summed E-state index contributed by atoms with van der Waals surface area (Å²) in [5, 5.41) is 0. The molecule has 5 aromatic rings. The lowest BCUT2D eigenvalue weighted by Gasteiger charge is -2.09. The molecule has 178 valence electrons. The summed E-state index contributed by atoms with van der Waals surface area (Å²) in [6.45, 7) is 3.33. The molecule has 0 spiro atoms. The van der Waals surface area contributed by atoms with Crippen LogP contribution in [0, 0.1) is 13.8 Å². The fourth-order valence-electron chi connectivity index (χ4n) is 4.18. The van der Waals surface area contributed by atoms with Gasteiger partial charge in [0.15, 0.2) is 11.2 Å². The molecule has 0 saturated heterocycles. The maximum atomic E-state index is 13.3. The number of fused-ring (bicyclic) bond motifs is 3. The fraction of sp³-hybridized carbons (Fsp3) is 0.200. The molecule has 0 aliphatic rings. The van der Waals surface area contributed by atoms with Crippen molar-refractivity contribution in [1.82, 2.24) is 23.1 Å². The number of carbonyl (C=O) groups excluding carboxylic acids is 1. The van der Waals surface area contributed by atoms with Crippen LogP contribution in [0.5, 0.6) is 11.5 Å². The molecule has 3 aromatic heterocycles. The lowest BCUT2D eigenvalue weighted by atomic mass is 10.2. The van der Waals surface area contributed by atoms with E-state index < -0.39 is 23.8 Å². The largest absolute Gasteiger partial charge is 0.468 e. The van der Waals surface area contributed by atoms with Gasteiger partial charge in [-0.25, -0.2) is 9.36 Å². The Labute approximate surface area is 199 Å². The zero-order valence-electron chi connectivity index (χ0n) is 19.7. The van der Waals surface area contributed by atoms with Gasteiger partial charge < -0.3 is 9.47 Å². The molecule has 0 unspecified atom stereocenters. The van der Waals surface area contributed by atoms with Crippen LogP contribution in [0.1, 0.15) is 11.4 Å². The molecule has 0 saturated carbocycles. The van der Waals surface area contributed by atoms with E-state index in [0.717, 1.165) is 27.4 Å². The van der Waals surface area contributed by atoms with E-state index in [1.165, 1.54) is 18.7 Å². The van der Waals surface area contributed by atoms with E-state index >= 15 is 0 Å². The topological polar surface area (TPSA) is 102 Å². The van der Waals surface area contributed by atoms with Crippen molar-refractivity contribution in [3.63, 3.8) is 0 Å². The van der Waals surface area contributed by atoms with Crippen LogP contribution < -0.4 is 16.0 Å². The maximum Gasteiger partial charge on any atom is 0.333 e. The van der Waals surface area contributed by atoms with Crippen LogP contribution >= 0.6 is 0 Å². The second-order valence-corrected chi connectivity index (χ2v) is 8.14. The molecule has 0 atom stereocenters. The van der Waals surface area contributed by atoms with E-state index in [1.807, 2.05) is 73.0 Å². The first kappa shape index (κ1) is 22.2. The van der Waals surface area contributed by atoms with Gasteiger partial charge in [-0.05, 0) is 50.2 Å². The molecule has 0 N–H and O–H groups in total. The number of esters is 1. The Morgan fingerprint density at radius 2 is 1.60 bits per heavy atom. The highest BCUT2D eigenvalue weighted by Crippen LogP contribution is 2.27. The van der Waals surface area contributed by atoms with Gasteiger partial charge in [-0.15, -0.1) is 0 Å². The summed E-state index contributed by atoms with van der Waals surface area (Å²) in [7, 11) is 2.73. The summed E-state index contributed by atoms with van der Waals surface area (Å²) < 4.78 is 16.3. The molecule has 0 fully saturated rings. The number of para-hydroxylation sites is 1. The normalized spacial score (nSPS) is 11.3. The summed E-state index contributed by atoms with van der Waals surface area (Å²) in [6, 6.07) is 17.0. The van der Waals surface area contributed by atoms with Crippen molar-refractivity contribution >= 4 is 22.9 Å². The van der Waals surface area contributed by atoms with E-state index in [1.54, 1.807) is 4.40 Å². The quantitative estimate of drug-likeness (QED) is 0.364. The van der Waals surface area contributed by atoms with Crippen molar-refractivity contribution in [3.8, 4) is 17.2 Å². The summed E-state index contributed by atoms with van der Waals surface area (Å²) in [6.07, 6.45) is 0. The van der Waals surface area contributed by atoms with Crippen molar-refractivity contribution in [3.05, 3.63) is 86.8 Å². The van der Waals surface area contributed by atoms with E-state index in [-0.39, 0.29) is 11.2 Å². The van der Waals surface area contributed by atoms with Crippen LogP contribution in [0.25, 0.3) is 22.6 Å². The van der Waals surface area contributed by atoms with E-state index in [2.05, 4.69) is 9.72 Å². The zero-order chi connectivity index (χ0) is 24.9. The first-order valence-corrected chi connectivity index (χ1v) is 10.9. The minimum atomic E-state index is -0.687. The van der Waals surface area contributed by atoms with Crippen molar-refractivity contribution in [2.24, 2.45) is 7.05 Å². The number of hydrogen-bond donors (Lipinski definition) is 0. The molecule has 10 heteroatoms. The highest BCUT2D eigenvalue weighted by Gasteiger charge is 2.24. The van der Waals surface area contributed by atoms with Gasteiger partial charge in [0.1, 0.15) is 18.0 Å². The minimum Gasteiger partial charge on any atom is -0.468 e. The number of methoxy groups -OCH3 is 1. The smallest absolute Gasteiger partial charge is 0.333 e. The second kappa shape index (κ2) is 8.32. The van der Waals surface area contributed by atoms with Gasteiger partial charge in [-0.2, -0.15) is 4.98 Å². The maximum absolute atomic E-state index is 13.3. The molecule has 0 aliphatic carbocycles. The van der Waals surface area contributed by atoms with Gasteiger partial charge in [0.25, 0.3) is 5.56 Å². The van der Waals surface area contributed by atoms with Gasteiger partial charge >= 0.3 is 11.7 Å². The zero-order valence-corrected chi connectivity index (χ0v) is 19.7. The number of hydrogen-bond acceptors (Lipinski definition) is 6. The SMILES string of the molecule is COC(=O)Cn1c(=O)c2c(nc3n(-c4ccc(Oc5ccccc5)cc4)c(C)c(C)n23)n(C)c1=O. The Balaban J connectivity index is 1.68. The molecular weight excluding hydrogens is 450 g/mol. The van der Waals surface area contributed by atoms with Crippen LogP contribution in [0.4, 0.5) is 0 Å². The average molecular weight is 473 g/mol. The standard InChI is InChI=1S/C25H23N5O5/c1-15-16(2)30-21-22(27(3)25(33)28(23(21)32)14-20(31)34-4)26-24(30)29(15)17-10-12-19(13-11-17)35-18-8-6-5-7-9-18/h5-13H,14H2,1-4H3. The first-order chi connectivity index (χ1) is 16.8. The summed E-state index contributed by atoms with van der Waals surface area (Å²) >= 11 is 0. The summed E-state index contributed by atoms with van der Waals surface area (Å²) in [4.78, 5) is 42.6. The van der Waals surface area contributed by atoms with E-state index in [9.17, 15) is 14.4 Å². The molecule has 0 aliphatic heterocycles. The highest BCUT2D eigenvalue weighted by molar-refractivity contribution is 5.78. The third kappa shape index (κ3) is 3.50. The van der Waals surface area contributed by atoms with Crippen LogP contribution in [0.15, 0.2) is 64.2 Å². The van der Waals surface area contributed by atoms with Crippen molar-refractivity contribution in [2.75, 3.05) is 7.11 Å². The van der Waals surface area contributed by atoms with Gasteiger partial charge in [-0.1, -0.05) is 18.2 Å². The Morgan fingerprint density at radius 1 is 0.943 bits per heavy atom. The first-order valence-electron chi connectivity index (χ1n) is 10.9. The lowest BCUT2D eigenvalue weighted by Crippen LogP contribution is -2.41. The second-order valence-electron chi connectivity index (χ2n) is 8.14. The highest BCUT2D eigenvalue weighted by atomic mass is 16.5. The number of carbonyl (C=O) groups is 1. The van der Waals surface area contributed by atoms with Gasteiger partial charge in [0, 0.05) is 24.1 Å².